The number of anilines is 1. The van der Waals surface area contributed by atoms with Gasteiger partial charge in [0.2, 0.25) is 12.7 Å². The molecule has 2 aromatic carbocycles. The normalized spacial score (nSPS) is 18.5. The van der Waals surface area contributed by atoms with E-state index in [1.165, 1.54) is 23.8 Å². The number of amides is 1. The monoisotopic (exact) mass is 474 g/mol. The van der Waals surface area contributed by atoms with E-state index >= 15 is 0 Å². The van der Waals surface area contributed by atoms with E-state index in [0.29, 0.717) is 5.92 Å². The van der Waals surface area contributed by atoms with E-state index in [2.05, 4.69) is 43.9 Å². The number of ether oxygens (including phenoxy) is 2. The lowest BCUT2D eigenvalue weighted by molar-refractivity contribution is -0.135. The highest BCUT2D eigenvalue weighted by atomic mass is 32.2. The predicted molar refractivity (Wildman–Crippen MR) is 130 cm³/mol. The van der Waals surface area contributed by atoms with E-state index in [1.807, 2.05) is 24.3 Å². The Balaban J connectivity index is 1.05. The van der Waals surface area contributed by atoms with Crippen LogP contribution in [0.5, 0.6) is 11.5 Å². The number of hydrogen-bond acceptors (Lipinski definition) is 7. The van der Waals surface area contributed by atoms with Crippen molar-refractivity contribution in [1.29, 1.82) is 0 Å². The molecule has 1 amide bonds. The number of carbonyl (C=O) groups excluding carboxylic acids is 1. The molecule has 1 aromatic heterocycles. The fraction of sp³-hybridized carbons (Fsp3) is 0.346. The van der Waals surface area contributed by atoms with Gasteiger partial charge in [0.25, 0.3) is 0 Å². The van der Waals surface area contributed by atoms with Crippen molar-refractivity contribution in [2.24, 2.45) is 0 Å². The van der Waals surface area contributed by atoms with Crippen LogP contribution in [0.4, 0.5) is 5.82 Å². The molecule has 0 atom stereocenters. The van der Waals surface area contributed by atoms with Crippen LogP contribution in [0.25, 0.3) is 0 Å². The molecule has 8 heteroatoms. The number of nitrogens with one attached hydrogen (secondary N) is 1. The van der Waals surface area contributed by atoms with Gasteiger partial charge in [-0.1, -0.05) is 18.2 Å². The van der Waals surface area contributed by atoms with Crippen molar-refractivity contribution in [1.82, 2.24) is 14.9 Å². The van der Waals surface area contributed by atoms with Gasteiger partial charge < -0.3 is 19.1 Å². The standard InChI is InChI=1S/C26H26N4O3S/c31-25(26(10-11-26)20-3-6-22-23(15-20)33-17-32-22)30-13-8-19(9-14-30)18-1-4-21(5-2-18)34-29-24-7-12-27-16-28-24/h1-7,12,15-16,19H,8-11,13-14,17H2,(H,27,28,29). The minimum Gasteiger partial charge on any atom is -0.454 e. The van der Waals surface area contributed by atoms with Gasteiger partial charge in [0.05, 0.1) is 5.41 Å². The molecule has 1 aliphatic carbocycles. The van der Waals surface area contributed by atoms with E-state index in [4.69, 9.17) is 9.47 Å². The first-order chi connectivity index (χ1) is 16.7. The van der Waals surface area contributed by atoms with Crippen LogP contribution in [0.1, 0.15) is 42.7 Å². The molecule has 2 aliphatic heterocycles. The lowest BCUT2D eigenvalue weighted by Crippen LogP contribution is -2.43. The average Bonchev–Trinajstić information content (AvgIpc) is 3.58. The summed E-state index contributed by atoms with van der Waals surface area (Å²) in [5, 5.41) is 0. The molecule has 34 heavy (non-hydrogen) atoms. The molecule has 0 bridgehead atoms. The van der Waals surface area contributed by atoms with Crippen molar-refractivity contribution in [3.05, 3.63) is 72.2 Å². The van der Waals surface area contributed by atoms with Crippen molar-refractivity contribution < 1.29 is 14.3 Å². The zero-order valence-electron chi connectivity index (χ0n) is 18.8. The fourth-order valence-electron chi connectivity index (χ4n) is 4.93. The number of piperidine rings is 1. The predicted octanol–water partition coefficient (Wildman–Crippen LogP) is 4.76. The molecule has 1 saturated carbocycles. The van der Waals surface area contributed by atoms with Gasteiger partial charge in [-0.2, -0.15) is 0 Å². The summed E-state index contributed by atoms with van der Waals surface area (Å²) in [7, 11) is 0. The Labute approximate surface area is 203 Å². The molecule has 0 unspecified atom stereocenters. The first-order valence-corrected chi connectivity index (χ1v) is 12.5. The van der Waals surface area contributed by atoms with E-state index in [1.54, 1.807) is 6.20 Å². The SMILES string of the molecule is O=C(N1CCC(c2ccc(SNc3ccncn3)cc2)CC1)C1(c2ccc3c(c2)OCO3)CC1. The number of carbonyl (C=O) groups is 1. The summed E-state index contributed by atoms with van der Waals surface area (Å²) < 4.78 is 14.2. The minimum absolute atomic E-state index is 0.255. The number of aromatic nitrogens is 2. The summed E-state index contributed by atoms with van der Waals surface area (Å²) >= 11 is 1.54. The Bertz CT molecular complexity index is 1180. The lowest BCUT2D eigenvalue weighted by Gasteiger charge is -2.35. The maximum atomic E-state index is 13.5. The second-order valence-electron chi connectivity index (χ2n) is 9.08. The summed E-state index contributed by atoms with van der Waals surface area (Å²) in [6.07, 6.45) is 7.06. The van der Waals surface area contributed by atoms with Crippen molar-refractivity contribution >= 4 is 23.7 Å². The smallest absolute Gasteiger partial charge is 0.233 e. The molecule has 174 valence electrons. The highest BCUT2D eigenvalue weighted by Gasteiger charge is 2.53. The maximum absolute atomic E-state index is 13.5. The third-order valence-electron chi connectivity index (χ3n) is 7.07. The van der Waals surface area contributed by atoms with Crippen molar-refractivity contribution in [2.45, 2.75) is 41.9 Å². The Kier molecular flexibility index (Phi) is 5.53. The van der Waals surface area contributed by atoms with E-state index in [9.17, 15) is 4.79 Å². The van der Waals surface area contributed by atoms with Gasteiger partial charge in [0, 0.05) is 24.2 Å². The molecule has 3 aliphatic rings. The highest BCUT2D eigenvalue weighted by molar-refractivity contribution is 8.00. The Hall–Kier alpha value is -3.26. The largest absolute Gasteiger partial charge is 0.454 e. The quantitative estimate of drug-likeness (QED) is 0.516. The number of fused-ring (bicyclic) bond motifs is 1. The van der Waals surface area contributed by atoms with Crippen molar-refractivity contribution in [3.63, 3.8) is 0 Å². The molecule has 6 rings (SSSR count). The molecule has 7 nitrogen and oxygen atoms in total. The fourth-order valence-corrected chi connectivity index (χ4v) is 5.55. The third-order valence-corrected chi connectivity index (χ3v) is 7.89. The molecule has 3 heterocycles. The van der Waals surface area contributed by atoms with Crippen LogP contribution < -0.4 is 14.2 Å². The van der Waals surface area contributed by atoms with Gasteiger partial charge >= 0.3 is 0 Å². The third kappa shape index (κ3) is 4.07. The topological polar surface area (TPSA) is 76.6 Å². The zero-order chi connectivity index (χ0) is 23.0. The lowest BCUT2D eigenvalue weighted by atomic mass is 9.87. The molecular weight excluding hydrogens is 448 g/mol. The first-order valence-electron chi connectivity index (χ1n) is 11.7. The molecule has 0 radical (unpaired) electrons. The van der Waals surface area contributed by atoms with Gasteiger partial charge in [0.15, 0.2) is 11.5 Å². The van der Waals surface area contributed by atoms with Crippen LogP contribution in [0.3, 0.4) is 0 Å². The number of benzene rings is 2. The van der Waals surface area contributed by atoms with Gasteiger partial charge in [-0.3, -0.25) is 4.79 Å². The van der Waals surface area contributed by atoms with Gasteiger partial charge in [0.1, 0.15) is 12.1 Å². The molecular formula is C26H26N4O3S. The van der Waals surface area contributed by atoms with Crippen molar-refractivity contribution in [2.75, 3.05) is 24.6 Å². The number of rotatable bonds is 6. The average molecular weight is 475 g/mol. The summed E-state index contributed by atoms with van der Waals surface area (Å²) in [5.41, 5.74) is 2.03. The zero-order valence-corrected chi connectivity index (χ0v) is 19.6. The van der Waals surface area contributed by atoms with Gasteiger partial charge in [-0.25, -0.2) is 9.97 Å². The molecule has 1 N–H and O–H groups in total. The van der Waals surface area contributed by atoms with Crippen LogP contribution in [-0.2, 0) is 10.2 Å². The second-order valence-corrected chi connectivity index (χ2v) is 9.96. The molecule has 0 spiro atoms. The maximum Gasteiger partial charge on any atom is 0.233 e. The summed E-state index contributed by atoms with van der Waals surface area (Å²) in [4.78, 5) is 24.8. The van der Waals surface area contributed by atoms with Crippen LogP contribution in [0.15, 0.2) is 66.0 Å². The Morgan fingerprint density at radius 2 is 1.82 bits per heavy atom. The highest BCUT2D eigenvalue weighted by Crippen LogP contribution is 2.52. The molecule has 1 saturated heterocycles. The van der Waals surface area contributed by atoms with Crippen LogP contribution in [0, 0.1) is 0 Å². The second kappa shape index (κ2) is 8.83. The van der Waals surface area contributed by atoms with E-state index in [-0.39, 0.29) is 18.1 Å². The van der Waals surface area contributed by atoms with Crippen LogP contribution >= 0.6 is 11.9 Å². The summed E-state index contributed by atoms with van der Waals surface area (Å²) in [6.45, 7) is 1.87. The van der Waals surface area contributed by atoms with Gasteiger partial charge in [-0.05, 0) is 85.0 Å². The van der Waals surface area contributed by atoms with Crippen LogP contribution in [-0.4, -0.2) is 40.7 Å². The van der Waals surface area contributed by atoms with E-state index in [0.717, 1.165) is 66.5 Å². The summed E-state index contributed by atoms with van der Waals surface area (Å²) in [6, 6.07) is 16.5. The molecule has 2 fully saturated rings. The number of hydrogen-bond donors (Lipinski definition) is 1. The summed E-state index contributed by atoms with van der Waals surface area (Å²) in [5.74, 6) is 3.06. The Morgan fingerprint density at radius 3 is 2.56 bits per heavy atom. The van der Waals surface area contributed by atoms with E-state index < -0.39 is 0 Å². The van der Waals surface area contributed by atoms with Crippen molar-refractivity contribution in [3.8, 4) is 11.5 Å². The first kappa shape index (κ1) is 21.3. The number of likely N-dealkylation sites (tertiary alicyclic amines) is 1. The van der Waals surface area contributed by atoms with Crippen LogP contribution in [0.2, 0.25) is 0 Å². The molecule has 3 aromatic rings. The number of nitrogens with zero attached hydrogens (tertiary/aromatic N) is 3. The Morgan fingerprint density at radius 1 is 1.03 bits per heavy atom. The van der Waals surface area contributed by atoms with Gasteiger partial charge in [-0.15, -0.1) is 0 Å². The minimum atomic E-state index is -0.372.